The summed E-state index contributed by atoms with van der Waals surface area (Å²) in [5, 5.41) is 9.00. The molecule has 7 heteroatoms. The molecule has 1 saturated heterocycles. The second-order valence-corrected chi connectivity index (χ2v) is 6.13. The van der Waals surface area contributed by atoms with Gasteiger partial charge in [-0.3, -0.25) is 4.79 Å². The number of hydrogen-bond acceptors (Lipinski definition) is 3. The lowest BCUT2D eigenvalue weighted by molar-refractivity contribution is -0.140. The standard InChI is InChI=1S/C12H16N2O4S/c15-12(16)11-7-4-8-14(11)19(17,18)13-9-10-5-2-1-3-6-10/h1-3,5-6,11,13H,4,7-9H2,(H,15,16). The van der Waals surface area contributed by atoms with Crippen molar-refractivity contribution < 1.29 is 18.3 Å². The van der Waals surface area contributed by atoms with E-state index in [1.807, 2.05) is 18.2 Å². The first-order valence-electron chi connectivity index (χ1n) is 6.04. The van der Waals surface area contributed by atoms with Crippen molar-refractivity contribution in [3.63, 3.8) is 0 Å². The predicted molar refractivity (Wildman–Crippen MR) is 69.6 cm³/mol. The number of benzene rings is 1. The molecule has 1 unspecified atom stereocenters. The highest BCUT2D eigenvalue weighted by Crippen LogP contribution is 2.20. The lowest BCUT2D eigenvalue weighted by atomic mass is 10.2. The van der Waals surface area contributed by atoms with Crippen molar-refractivity contribution in [1.82, 2.24) is 9.03 Å². The summed E-state index contributed by atoms with van der Waals surface area (Å²) in [6.07, 6.45) is 0.935. The molecular formula is C12H16N2O4S. The zero-order valence-electron chi connectivity index (χ0n) is 10.3. The second kappa shape index (κ2) is 5.68. The number of carboxylic acid groups (broad SMARTS) is 1. The lowest BCUT2D eigenvalue weighted by Gasteiger charge is -2.21. The van der Waals surface area contributed by atoms with E-state index >= 15 is 0 Å². The third-order valence-electron chi connectivity index (χ3n) is 3.10. The van der Waals surface area contributed by atoms with Crippen LogP contribution in [0.3, 0.4) is 0 Å². The van der Waals surface area contributed by atoms with Crippen LogP contribution in [-0.2, 0) is 21.5 Å². The van der Waals surface area contributed by atoms with Crippen LogP contribution in [-0.4, -0.2) is 36.4 Å². The maximum absolute atomic E-state index is 12.1. The Morgan fingerprint density at radius 1 is 1.37 bits per heavy atom. The van der Waals surface area contributed by atoms with Gasteiger partial charge in [-0.25, -0.2) is 0 Å². The molecule has 0 amide bonds. The zero-order valence-corrected chi connectivity index (χ0v) is 11.1. The molecule has 0 spiro atoms. The molecule has 1 aromatic carbocycles. The first-order valence-corrected chi connectivity index (χ1v) is 7.48. The molecule has 0 radical (unpaired) electrons. The monoisotopic (exact) mass is 284 g/mol. The third kappa shape index (κ3) is 3.31. The van der Waals surface area contributed by atoms with Gasteiger partial charge in [0.15, 0.2) is 0 Å². The Hall–Kier alpha value is -1.44. The summed E-state index contributed by atoms with van der Waals surface area (Å²) in [6, 6.07) is 8.15. The predicted octanol–water partition coefficient (Wildman–Crippen LogP) is 0.570. The van der Waals surface area contributed by atoms with E-state index in [1.54, 1.807) is 12.1 Å². The summed E-state index contributed by atoms with van der Waals surface area (Å²) >= 11 is 0. The summed E-state index contributed by atoms with van der Waals surface area (Å²) in [5.41, 5.74) is 0.831. The number of carbonyl (C=O) groups is 1. The van der Waals surface area contributed by atoms with E-state index in [1.165, 1.54) is 0 Å². The van der Waals surface area contributed by atoms with Crippen LogP contribution in [0.1, 0.15) is 18.4 Å². The van der Waals surface area contributed by atoms with E-state index in [0.29, 0.717) is 12.8 Å². The van der Waals surface area contributed by atoms with E-state index in [9.17, 15) is 13.2 Å². The number of hydrogen-bond donors (Lipinski definition) is 2. The van der Waals surface area contributed by atoms with Crippen molar-refractivity contribution >= 4 is 16.2 Å². The minimum Gasteiger partial charge on any atom is -0.480 e. The number of nitrogens with zero attached hydrogens (tertiary/aromatic N) is 1. The highest BCUT2D eigenvalue weighted by atomic mass is 32.2. The smallest absolute Gasteiger partial charge is 0.322 e. The molecule has 2 rings (SSSR count). The highest BCUT2D eigenvalue weighted by molar-refractivity contribution is 7.87. The van der Waals surface area contributed by atoms with Crippen LogP contribution >= 0.6 is 0 Å². The fourth-order valence-electron chi connectivity index (χ4n) is 2.13. The molecule has 1 aromatic rings. The average Bonchev–Trinajstić information content (AvgIpc) is 2.88. The Morgan fingerprint density at radius 3 is 2.68 bits per heavy atom. The Kier molecular flexibility index (Phi) is 4.18. The molecule has 0 aromatic heterocycles. The Labute approximate surface area is 112 Å². The van der Waals surface area contributed by atoms with Crippen LogP contribution in [0, 0.1) is 0 Å². The van der Waals surface area contributed by atoms with Crippen LogP contribution in [0.2, 0.25) is 0 Å². The van der Waals surface area contributed by atoms with Gasteiger partial charge in [0, 0.05) is 13.1 Å². The maximum atomic E-state index is 12.1. The largest absolute Gasteiger partial charge is 0.480 e. The van der Waals surface area contributed by atoms with Crippen molar-refractivity contribution in [2.75, 3.05) is 6.54 Å². The molecule has 1 aliphatic rings. The Bertz CT molecular complexity index is 544. The fraction of sp³-hybridized carbons (Fsp3) is 0.417. The molecule has 0 bridgehead atoms. The highest BCUT2D eigenvalue weighted by Gasteiger charge is 2.38. The average molecular weight is 284 g/mol. The van der Waals surface area contributed by atoms with Crippen LogP contribution < -0.4 is 4.72 Å². The van der Waals surface area contributed by atoms with Crippen LogP contribution in [0.4, 0.5) is 0 Å². The van der Waals surface area contributed by atoms with E-state index in [2.05, 4.69) is 4.72 Å². The molecule has 1 fully saturated rings. The molecule has 1 heterocycles. The molecule has 19 heavy (non-hydrogen) atoms. The van der Waals surface area contributed by atoms with Gasteiger partial charge in [0.1, 0.15) is 6.04 Å². The van der Waals surface area contributed by atoms with Gasteiger partial charge < -0.3 is 5.11 Å². The molecule has 104 valence electrons. The Balaban J connectivity index is 2.04. The summed E-state index contributed by atoms with van der Waals surface area (Å²) in [5.74, 6) is -1.09. The van der Waals surface area contributed by atoms with Gasteiger partial charge in [0.25, 0.3) is 10.2 Å². The van der Waals surface area contributed by atoms with Gasteiger partial charge in [-0.1, -0.05) is 30.3 Å². The summed E-state index contributed by atoms with van der Waals surface area (Å²) < 4.78 is 27.6. The van der Waals surface area contributed by atoms with Gasteiger partial charge in [-0.2, -0.15) is 17.4 Å². The molecule has 0 aliphatic carbocycles. The molecule has 2 N–H and O–H groups in total. The molecule has 0 saturated carbocycles. The van der Waals surface area contributed by atoms with E-state index in [-0.39, 0.29) is 13.1 Å². The maximum Gasteiger partial charge on any atom is 0.322 e. The van der Waals surface area contributed by atoms with Crippen molar-refractivity contribution in [2.24, 2.45) is 0 Å². The fourth-order valence-corrected chi connectivity index (χ4v) is 3.54. The second-order valence-electron chi connectivity index (χ2n) is 4.42. The quantitative estimate of drug-likeness (QED) is 0.827. The first-order chi connectivity index (χ1) is 9.00. The first kappa shape index (κ1) is 14.0. The van der Waals surface area contributed by atoms with Gasteiger partial charge in [-0.05, 0) is 18.4 Å². The van der Waals surface area contributed by atoms with Crippen molar-refractivity contribution in [2.45, 2.75) is 25.4 Å². The summed E-state index contributed by atoms with van der Waals surface area (Å²) in [4.78, 5) is 11.0. The van der Waals surface area contributed by atoms with Gasteiger partial charge in [0.05, 0.1) is 0 Å². The number of rotatable bonds is 5. The van der Waals surface area contributed by atoms with E-state index < -0.39 is 22.2 Å². The minimum atomic E-state index is -3.75. The molecular weight excluding hydrogens is 268 g/mol. The van der Waals surface area contributed by atoms with Gasteiger partial charge in [0.2, 0.25) is 0 Å². The van der Waals surface area contributed by atoms with Crippen molar-refractivity contribution in [3.05, 3.63) is 35.9 Å². The van der Waals surface area contributed by atoms with Crippen molar-refractivity contribution in [3.8, 4) is 0 Å². The summed E-state index contributed by atoms with van der Waals surface area (Å²) in [6.45, 7) is 0.410. The lowest BCUT2D eigenvalue weighted by Crippen LogP contribution is -2.46. The SMILES string of the molecule is O=C(O)C1CCCN1S(=O)(=O)NCc1ccccc1. The zero-order chi connectivity index (χ0) is 13.9. The molecule has 1 atom stereocenters. The van der Waals surface area contributed by atoms with Gasteiger partial charge in [-0.15, -0.1) is 0 Å². The van der Waals surface area contributed by atoms with Gasteiger partial charge >= 0.3 is 5.97 Å². The minimum absolute atomic E-state index is 0.159. The number of aliphatic carboxylic acids is 1. The van der Waals surface area contributed by atoms with E-state index in [0.717, 1.165) is 9.87 Å². The molecule has 1 aliphatic heterocycles. The summed E-state index contributed by atoms with van der Waals surface area (Å²) in [7, 11) is -3.75. The van der Waals surface area contributed by atoms with Crippen molar-refractivity contribution in [1.29, 1.82) is 0 Å². The van der Waals surface area contributed by atoms with Crippen LogP contribution in [0.25, 0.3) is 0 Å². The van der Waals surface area contributed by atoms with Crippen LogP contribution in [0.5, 0.6) is 0 Å². The number of carboxylic acids is 1. The van der Waals surface area contributed by atoms with Crippen LogP contribution in [0.15, 0.2) is 30.3 Å². The normalized spacial score (nSPS) is 20.5. The van der Waals surface area contributed by atoms with E-state index in [4.69, 9.17) is 5.11 Å². The molecule has 6 nitrogen and oxygen atoms in total. The Morgan fingerprint density at radius 2 is 2.05 bits per heavy atom. The topological polar surface area (TPSA) is 86.7 Å². The third-order valence-corrected chi connectivity index (χ3v) is 4.66. The number of nitrogens with one attached hydrogen (secondary N) is 1.